The summed E-state index contributed by atoms with van der Waals surface area (Å²) in [5, 5.41) is 0. The van der Waals surface area contributed by atoms with Gasteiger partial charge in [0.2, 0.25) is 0 Å². The summed E-state index contributed by atoms with van der Waals surface area (Å²) in [6.07, 6.45) is 4.05. The Morgan fingerprint density at radius 3 is 2.70 bits per heavy atom. The molecule has 0 aromatic carbocycles. The van der Waals surface area contributed by atoms with Crippen molar-refractivity contribution < 1.29 is 0 Å². The molecule has 1 aliphatic heterocycles. The first-order valence-corrected chi connectivity index (χ1v) is 8.98. The highest BCUT2D eigenvalue weighted by Crippen LogP contribution is 2.30. The lowest BCUT2D eigenvalue weighted by molar-refractivity contribution is 0.163. The zero-order valence-electron chi connectivity index (χ0n) is 13.9. The van der Waals surface area contributed by atoms with Crippen molar-refractivity contribution in [3.8, 4) is 0 Å². The summed E-state index contributed by atoms with van der Waals surface area (Å²) in [5.41, 5.74) is 0.300. The largest absolute Gasteiger partial charge is 0.303 e. The summed E-state index contributed by atoms with van der Waals surface area (Å²) < 4.78 is 0. The van der Waals surface area contributed by atoms with E-state index in [-0.39, 0.29) is 0 Å². The second-order valence-corrected chi connectivity index (χ2v) is 9.00. The van der Waals surface area contributed by atoms with Crippen LogP contribution in [0, 0.1) is 11.8 Å². The van der Waals surface area contributed by atoms with Crippen LogP contribution in [-0.4, -0.2) is 24.5 Å². The van der Waals surface area contributed by atoms with Crippen molar-refractivity contribution >= 4 is 11.3 Å². The van der Waals surface area contributed by atoms with Gasteiger partial charge in [-0.2, -0.15) is 0 Å². The van der Waals surface area contributed by atoms with Crippen molar-refractivity contribution in [2.45, 2.75) is 59.3 Å². The maximum atomic E-state index is 2.68. The number of nitrogens with zero attached hydrogens (tertiary/aromatic N) is 1. The number of piperidine rings is 1. The molecule has 20 heavy (non-hydrogen) atoms. The Bertz CT molecular complexity index is 415. The molecule has 0 aliphatic carbocycles. The van der Waals surface area contributed by atoms with Gasteiger partial charge in [0.05, 0.1) is 0 Å². The maximum absolute atomic E-state index is 2.68. The molecular weight excluding hydrogens is 262 g/mol. The number of likely N-dealkylation sites (tertiary alicyclic amines) is 1. The molecular formula is C18H31NS. The van der Waals surface area contributed by atoms with Crippen molar-refractivity contribution in [3.63, 3.8) is 0 Å². The highest BCUT2D eigenvalue weighted by Gasteiger charge is 2.20. The molecule has 1 fully saturated rings. The molecule has 1 aromatic heterocycles. The topological polar surface area (TPSA) is 3.24 Å². The molecule has 2 rings (SSSR count). The van der Waals surface area contributed by atoms with Crippen LogP contribution in [-0.2, 0) is 11.8 Å². The van der Waals surface area contributed by atoms with Gasteiger partial charge >= 0.3 is 0 Å². The van der Waals surface area contributed by atoms with Crippen molar-refractivity contribution in [3.05, 3.63) is 21.9 Å². The number of rotatable bonds is 4. The second kappa shape index (κ2) is 6.62. The van der Waals surface area contributed by atoms with E-state index in [1.165, 1.54) is 43.8 Å². The molecule has 0 bridgehead atoms. The van der Waals surface area contributed by atoms with Gasteiger partial charge in [0, 0.05) is 22.8 Å². The average molecular weight is 294 g/mol. The van der Waals surface area contributed by atoms with Crippen LogP contribution < -0.4 is 0 Å². The fourth-order valence-corrected chi connectivity index (χ4v) is 4.42. The van der Waals surface area contributed by atoms with Crippen LogP contribution in [0.15, 0.2) is 12.1 Å². The van der Waals surface area contributed by atoms with Crippen molar-refractivity contribution in [1.82, 2.24) is 4.90 Å². The molecule has 0 amide bonds. The van der Waals surface area contributed by atoms with E-state index in [2.05, 4.69) is 51.7 Å². The first-order chi connectivity index (χ1) is 9.34. The van der Waals surface area contributed by atoms with E-state index in [4.69, 9.17) is 0 Å². The van der Waals surface area contributed by atoms with Crippen molar-refractivity contribution in [2.24, 2.45) is 11.8 Å². The molecule has 114 valence electrons. The van der Waals surface area contributed by atoms with Crippen LogP contribution >= 0.6 is 11.3 Å². The standard InChI is InChI=1S/C18H31NS/c1-14-7-6-10-19(12-14)13-15(2)11-16-8-9-17(20-16)18(3,4)5/h8-9,14-15H,6-7,10-13H2,1-5H3. The van der Waals surface area contributed by atoms with Crippen LogP contribution in [0.3, 0.4) is 0 Å². The Kier molecular flexibility index (Phi) is 5.30. The second-order valence-electron chi connectivity index (χ2n) is 7.83. The third-order valence-corrected chi connectivity index (χ3v) is 5.79. The predicted molar refractivity (Wildman–Crippen MR) is 90.7 cm³/mol. The maximum Gasteiger partial charge on any atom is 0.0102 e. The lowest BCUT2D eigenvalue weighted by Crippen LogP contribution is -2.37. The monoisotopic (exact) mass is 293 g/mol. The molecule has 1 saturated heterocycles. The van der Waals surface area contributed by atoms with Gasteiger partial charge in [-0.25, -0.2) is 0 Å². The van der Waals surface area contributed by atoms with Gasteiger partial charge in [-0.05, 0) is 55.2 Å². The Morgan fingerprint density at radius 2 is 2.10 bits per heavy atom. The predicted octanol–water partition coefficient (Wildman–Crippen LogP) is 4.96. The molecule has 0 saturated carbocycles. The molecule has 0 spiro atoms. The first kappa shape index (κ1) is 16.0. The SMILES string of the molecule is CC1CCCN(CC(C)Cc2ccc(C(C)(C)C)s2)C1. The van der Waals surface area contributed by atoms with E-state index in [1.807, 2.05) is 11.3 Å². The summed E-state index contributed by atoms with van der Waals surface area (Å²) in [6.45, 7) is 15.6. The van der Waals surface area contributed by atoms with Crippen LogP contribution in [0.5, 0.6) is 0 Å². The first-order valence-electron chi connectivity index (χ1n) is 8.16. The Hall–Kier alpha value is -0.340. The highest BCUT2D eigenvalue weighted by atomic mass is 32.1. The van der Waals surface area contributed by atoms with E-state index >= 15 is 0 Å². The number of thiophene rings is 1. The summed E-state index contributed by atoms with van der Waals surface area (Å²) in [4.78, 5) is 5.76. The van der Waals surface area contributed by atoms with Crippen LogP contribution in [0.4, 0.5) is 0 Å². The van der Waals surface area contributed by atoms with Gasteiger partial charge in [-0.1, -0.05) is 34.6 Å². The summed E-state index contributed by atoms with van der Waals surface area (Å²) in [7, 11) is 0. The summed E-state index contributed by atoms with van der Waals surface area (Å²) in [5.74, 6) is 1.66. The molecule has 2 heterocycles. The summed E-state index contributed by atoms with van der Waals surface area (Å²) in [6, 6.07) is 4.68. The van der Waals surface area contributed by atoms with Gasteiger partial charge < -0.3 is 4.90 Å². The van der Waals surface area contributed by atoms with Crippen LogP contribution in [0.1, 0.15) is 57.2 Å². The minimum atomic E-state index is 0.300. The zero-order valence-corrected chi connectivity index (χ0v) is 14.7. The van der Waals surface area contributed by atoms with Gasteiger partial charge in [-0.3, -0.25) is 0 Å². The summed E-state index contributed by atoms with van der Waals surface area (Å²) >= 11 is 2.01. The molecule has 0 radical (unpaired) electrons. The fraction of sp³-hybridized carbons (Fsp3) is 0.778. The number of hydrogen-bond acceptors (Lipinski definition) is 2. The molecule has 2 heteroatoms. The highest BCUT2D eigenvalue weighted by molar-refractivity contribution is 7.12. The lowest BCUT2D eigenvalue weighted by atomic mass is 9.95. The van der Waals surface area contributed by atoms with Gasteiger partial charge in [-0.15, -0.1) is 11.3 Å². The van der Waals surface area contributed by atoms with Crippen molar-refractivity contribution in [1.29, 1.82) is 0 Å². The minimum absolute atomic E-state index is 0.300. The average Bonchev–Trinajstić information content (AvgIpc) is 2.76. The molecule has 0 N–H and O–H groups in total. The fourth-order valence-electron chi connectivity index (χ4n) is 3.19. The lowest BCUT2D eigenvalue weighted by Gasteiger charge is -2.32. The van der Waals surface area contributed by atoms with Crippen LogP contribution in [0.2, 0.25) is 0 Å². The van der Waals surface area contributed by atoms with Crippen molar-refractivity contribution in [2.75, 3.05) is 19.6 Å². The molecule has 1 aromatic rings. The third kappa shape index (κ3) is 4.60. The third-order valence-electron chi connectivity index (χ3n) is 4.26. The zero-order chi connectivity index (χ0) is 14.8. The normalized spacial score (nSPS) is 22.9. The molecule has 1 nitrogen and oxygen atoms in total. The Morgan fingerprint density at radius 1 is 1.35 bits per heavy atom. The number of hydrogen-bond donors (Lipinski definition) is 0. The van der Waals surface area contributed by atoms with Crippen LogP contribution in [0.25, 0.3) is 0 Å². The van der Waals surface area contributed by atoms with Gasteiger partial charge in [0.15, 0.2) is 0 Å². The van der Waals surface area contributed by atoms with E-state index in [0.717, 1.165) is 11.8 Å². The minimum Gasteiger partial charge on any atom is -0.303 e. The van der Waals surface area contributed by atoms with Gasteiger partial charge in [0.25, 0.3) is 0 Å². The smallest absolute Gasteiger partial charge is 0.0102 e. The van der Waals surface area contributed by atoms with Gasteiger partial charge in [0.1, 0.15) is 0 Å². The van der Waals surface area contributed by atoms with E-state index in [1.54, 1.807) is 4.88 Å². The quantitative estimate of drug-likeness (QED) is 0.758. The van der Waals surface area contributed by atoms with E-state index in [9.17, 15) is 0 Å². The molecule has 2 atom stereocenters. The molecule has 1 aliphatic rings. The Labute approximate surface area is 129 Å². The van der Waals surface area contributed by atoms with E-state index in [0.29, 0.717) is 5.41 Å². The Balaban J connectivity index is 1.85. The van der Waals surface area contributed by atoms with E-state index < -0.39 is 0 Å². The molecule has 2 unspecified atom stereocenters.